The predicted molar refractivity (Wildman–Crippen MR) is 94.1 cm³/mol. The summed E-state index contributed by atoms with van der Waals surface area (Å²) in [6.07, 6.45) is 0.813. The van der Waals surface area contributed by atoms with Gasteiger partial charge in [0.25, 0.3) is 0 Å². The van der Waals surface area contributed by atoms with Crippen LogP contribution >= 0.6 is 0 Å². The van der Waals surface area contributed by atoms with Crippen molar-refractivity contribution in [1.29, 1.82) is 0 Å². The van der Waals surface area contributed by atoms with Gasteiger partial charge in [-0.3, -0.25) is 9.79 Å². The largest absolute Gasteiger partial charge is 0.496 e. The standard InChI is InChI=1S/C17H28N4O2/c1-5-18-17(21-11-10-19-14(3)22)20-9-8-15-12-13(2)6-7-16(15)23-4/h6-7,12H,5,8-11H2,1-4H3,(H,19,22)(H2,18,20,21). The lowest BCUT2D eigenvalue weighted by atomic mass is 10.1. The van der Waals surface area contributed by atoms with Gasteiger partial charge in [0.15, 0.2) is 5.96 Å². The number of hydrogen-bond acceptors (Lipinski definition) is 3. The van der Waals surface area contributed by atoms with Crippen molar-refractivity contribution >= 4 is 11.9 Å². The summed E-state index contributed by atoms with van der Waals surface area (Å²) in [5, 5.41) is 9.13. The number of benzene rings is 1. The average molecular weight is 320 g/mol. The van der Waals surface area contributed by atoms with Crippen molar-refractivity contribution in [3.05, 3.63) is 29.3 Å². The predicted octanol–water partition coefficient (Wildman–Crippen LogP) is 1.24. The number of nitrogens with one attached hydrogen (secondary N) is 3. The summed E-state index contributed by atoms with van der Waals surface area (Å²) in [5.41, 5.74) is 2.37. The van der Waals surface area contributed by atoms with Gasteiger partial charge in [-0.15, -0.1) is 0 Å². The molecule has 0 bridgehead atoms. The summed E-state index contributed by atoms with van der Waals surface area (Å²) < 4.78 is 5.39. The smallest absolute Gasteiger partial charge is 0.216 e. The van der Waals surface area contributed by atoms with Gasteiger partial charge in [-0.1, -0.05) is 17.7 Å². The van der Waals surface area contributed by atoms with Crippen molar-refractivity contribution in [3.8, 4) is 5.75 Å². The van der Waals surface area contributed by atoms with E-state index in [1.54, 1.807) is 7.11 Å². The highest BCUT2D eigenvalue weighted by Crippen LogP contribution is 2.19. The molecule has 1 rings (SSSR count). The zero-order chi connectivity index (χ0) is 17.1. The van der Waals surface area contributed by atoms with Crippen LogP contribution in [0.3, 0.4) is 0 Å². The van der Waals surface area contributed by atoms with E-state index in [4.69, 9.17) is 4.74 Å². The summed E-state index contributed by atoms with van der Waals surface area (Å²) in [4.78, 5) is 15.4. The molecule has 6 heteroatoms. The van der Waals surface area contributed by atoms with E-state index in [0.29, 0.717) is 19.6 Å². The van der Waals surface area contributed by atoms with Crippen LogP contribution in [0.5, 0.6) is 5.75 Å². The molecule has 1 aromatic carbocycles. The van der Waals surface area contributed by atoms with Crippen LogP contribution in [0.4, 0.5) is 0 Å². The number of aryl methyl sites for hydroxylation is 1. The molecule has 0 radical (unpaired) electrons. The maximum Gasteiger partial charge on any atom is 0.216 e. The van der Waals surface area contributed by atoms with E-state index in [1.165, 1.54) is 12.5 Å². The Morgan fingerprint density at radius 3 is 2.61 bits per heavy atom. The first-order chi connectivity index (χ1) is 11.1. The highest BCUT2D eigenvalue weighted by molar-refractivity contribution is 5.79. The maximum atomic E-state index is 10.8. The molecule has 0 aliphatic carbocycles. The van der Waals surface area contributed by atoms with Crippen LogP contribution in [0.15, 0.2) is 23.2 Å². The van der Waals surface area contributed by atoms with Crippen molar-refractivity contribution in [3.63, 3.8) is 0 Å². The van der Waals surface area contributed by atoms with Crippen LogP contribution in [0.1, 0.15) is 25.0 Å². The fraction of sp³-hybridized carbons (Fsp3) is 0.529. The molecular weight excluding hydrogens is 292 g/mol. The fourth-order valence-corrected chi connectivity index (χ4v) is 2.15. The second kappa shape index (κ2) is 10.5. The molecule has 0 saturated heterocycles. The number of carbonyl (C=O) groups is 1. The van der Waals surface area contributed by atoms with Gasteiger partial charge < -0.3 is 20.7 Å². The first-order valence-corrected chi connectivity index (χ1v) is 7.97. The molecule has 0 saturated carbocycles. The van der Waals surface area contributed by atoms with E-state index in [0.717, 1.165) is 30.2 Å². The Labute approximate surface area is 138 Å². The van der Waals surface area contributed by atoms with E-state index in [-0.39, 0.29) is 5.91 Å². The van der Waals surface area contributed by atoms with Crippen molar-refractivity contribution in [2.24, 2.45) is 4.99 Å². The quantitative estimate of drug-likeness (QED) is 0.383. The van der Waals surface area contributed by atoms with Gasteiger partial charge in [-0.25, -0.2) is 0 Å². The molecule has 0 atom stereocenters. The molecule has 0 aliphatic heterocycles. The van der Waals surface area contributed by atoms with Gasteiger partial charge in [-0.05, 0) is 31.9 Å². The van der Waals surface area contributed by atoms with Crippen LogP contribution in [-0.4, -0.2) is 45.2 Å². The Balaban J connectivity index is 2.53. The lowest BCUT2D eigenvalue weighted by Gasteiger charge is -2.12. The third-order valence-corrected chi connectivity index (χ3v) is 3.22. The Kier molecular flexibility index (Phi) is 8.57. The normalized spacial score (nSPS) is 11.0. The number of nitrogens with zero attached hydrogens (tertiary/aromatic N) is 1. The number of aliphatic imine (C=N–C) groups is 1. The number of methoxy groups -OCH3 is 1. The molecule has 0 aliphatic rings. The van der Waals surface area contributed by atoms with Gasteiger partial charge in [0.2, 0.25) is 5.91 Å². The molecule has 3 N–H and O–H groups in total. The highest BCUT2D eigenvalue weighted by Gasteiger charge is 2.03. The van der Waals surface area contributed by atoms with Crippen LogP contribution in [0.2, 0.25) is 0 Å². The zero-order valence-corrected chi connectivity index (χ0v) is 14.5. The minimum Gasteiger partial charge on any atom is -0.496 e. The first kappa shape index (κ1) is 18.8. The summed E-state index contributed by atoms with van der Waals surface area (Å²) in [7, 11) is 1.69. The lowest BCUT2D eigenvalue weighted by Crippen LogP contribution is -2.41. The number of hydrogen-bond donors (Lipinski definition) is 3. The SMILES string of the molecule is CCNC(=NCCc1cc(C)ccc1OC)NCCNC(C)=O. The molecule has 128 valence electrons. The third-order valence-electron chi connectivity index (χ3n) is 3.22. The van der Waals surface area contributed by atoms with Gasteiger partial charge in [0, 0.05) is 33.1 Å². The third kappa shape index (κ3) is 7.54. The molecule has 0 fully saturated rings. The number of carbonyl (C=O) groups excluding carboxylic acids is 1. The molecule has 0 aromatic heterocycles. The second-order valence-electron chi connectivity index (χ2n) is 5.24. The van der Waals surface area contributed by atoms with Crippen molar-refractivity contribution in [2.75, 3.05) is 33.3 Å². The Morgan fingerprint density at radius 2 is 1.96 bits per heavy atom. The monoisotopic (exact) mass is 320 g/mol. The van der Waals surface area contributed by atoms with Gasteiger partial charge in [-0.2, -0.15) is 0 Å². The number of guanidine groups is 1. The molecular formula is C17H28N4O2. The van der Waals surface area contributed by atoms with Crippen molar-refractivity contribution in [2.45, 2.75) is 27.2 Å². The van der Waals surface area contributed by atoms with Crippen LogP contribution < -0.4 is 20.7 Å². The minimum absolute atomic E-state index is 0.0275. The van der Waals surface area contributed by atoms with Crippen molar-refractivity contribution in [1.82, 2.24) is 16.0 Å². The first-order valence-electron chi connectivity index (χ1n) is 7.97. The Bertz CT molecular complexity index is 529. The van der Waals surface area contributed by atoms with E-state index < -0.39 is 0 Å². The number of amides is 1. The maximum absolute atomic E-state index is 10.8. The topological polar surface area (TPSA) is 74.8 Å². The van der Waals surface area contributed by atoms with Gasteiger partial charge in [0.1, 0.15) is 5.75 Å². The molecule has 23 heavy (non-hydrogen) atoms. The van der Waals surface area contributed by atoms with E-state index in [2.05, 4.69) is 33.9 Å². The zero-order valence-electron chi connectivity index (χ0n) is 14.5. The van der Waals surface area contributed by atoms with Gasteiger partial charge in [0.05, 0.1) is 7.11 Å². The van der Waals surface area contributed by atoms with E-state index in [1.807, 2.05) is 19.1 Å². The van der Waals surface area contributed by atoms with Crippen LogP contribution in [-0.2, 0) is 11.2 Å². The Hall–Kier alpha value is -2.24. The summed E-state index contributed by atoms with van der Waals surface area (Å²) in [5.74, 6) is 1.62. The average Bonchev–Trinajstić information content (AvgIpc) is 2.51. The highest BCUT2D eigenvalue weighted by atomic mass is 16.5. The fourth-order valence-electron chi connectivity index (χ4n) is 2.15. The summed E-state index contributed by atoms with van der Waals surface area (Å²) >= 11 is 0. The molecule has 0 heterocycles. The van der Waals surface area contributed by atoms with Crippen LogP contribution in [0.25, 0.3) is 0 Å². The van der Waals surface area contributed by atoms with Crippen LogP contribution in [0, 0.1) is 6.92 Å². The minimum atomic E-state index is -0.0275. The van der Waals surface area contributed by atoms with E-state index in [9.17, 15) is 4.79 Å². The lowest BCUT2D eigenvalue weighted by molar-refractivity contribution is -0.118. The molecule has 0 spiro atoms. The molecule has 1 amide bonds. The summed E-state index contributed by atoms with van der Waals surface area (Å²) in [6, 6.07) is 6.16. The molecule has 6 nitrogen and oxygen atoms in total. The van der Waals surface area contributed by atoms with Crippen molar-refractivity contribution < 1.29 is 9.53 Å². The summed E-state index contributed by atoms with van der Waals surface area (Å²) in [6.45, 7) is 8.27. The van der Waals surface area contributed by atoms with Gasteiger partial charge >= 0.3 is 0 Å². The van der Waals surface area contributed by atoms with E-state index >= 15 is 0 Å². The molecule has 1 aromatic rings. The number of rotatable bonds is 8. The molecule has 0 unspecified atom stereocenters. The Morgan fingerprint density at radius 1 is 1.22 bits per heavy atom. The second-order valence-corrected chi connectivity index (χ2v) is 5.24. The number of ether oxygens (including phenoxy) is 1.